The van der Waals surface area contributed by atoms with E-state index >= 15 is 0 Å². The first-order valence-electron chi connectivity index (χ1n) is 7.17. The second-order valence-corrected chi connectivity index (χ2v) is 5.53. The summed E-state index contributed by atoms with van der Waals surface area (Å²) in [6.45, 7) is 2.75. The fraction of sp³-hybridized carbons (Fsp3) is 0.467. The molecule has 1 fully saturated rings. The van der Waals surface area contributed by atoms with Gasteiger partial charge >= 0.3 is 0 Å². The minimum atomic E-state index is -0.828. The molecule has 0 radical (unpaired) electrons. The molecule has 1 N–H and O–H groups in total. The summed E-state index contributed by atoms with van der Waals surface area (Å²) in [6, 6.07) is 4.16. The number of hydrogen-bond donors (Lipinski definition) is 1. The number of benzene rings is 1. The SMILES string of the molecule is CO[C@@H]1C[C@@H](c2n[nH]c(C)n2)N(Cc2cccc(F)c2F)C1. The van der Waals surface area contributed by atoms with Gasteiger partial charge in [-0.15, -0.1) is 0 Å². The number of hydrogen-bond acceptors (Lipinski definition) is 4. The van der Waals surface area contributed by atoms with Gasteiger partial charge in [-0.1, -0.05) is 12.1 Å². The molecular formula is C15H18F2N4O. The molecule has 0 amide bonds. The molecule has 1 aromatic heterocycles. The summed E-state index contributed by atoms with van der Waals surface area (Å²) < 4.78 is 32.7. The number of H-pyrrole nitrogens is 1. The number of ether oxygens (including phenoxy) is 1. The molecule has 0 aliphatic carbocycles. The van der Waals surface area contributed by atoms with Gasteiger partial charge in [0, 0.05) is 25.8 Å². The fourth-order valence-electron chi connectivity index (χ4n) is 2.87. The van der Waals surface area contributed by atoms with Gasteiger partial charge in [-0.3, -0.25) is 10.00 Å². The smallest absolute Gasteiger partial charge is 0.167 e. The molecule has 1 aliphatic heterocycles. The van der Waals surface area contributed by atoms with Crippen LogP contribution in [-0.2, 0) is 11.3 Å². The highest BCUT2D eigenvalue weighted by atomic mass is 19.2. The molecule has 118 valence electrons. The van der Waals surface area contributed by atoms with Crippen molar-refractivity contribution < 1.29 is 13.5 Å². The van der Waals surface area contributed by atoms with Crippen LogP contribution < -0.4 is 0 Å². The Morgan fingerprint density at radius 2 is 2.23 bits per heavy atom. The third kappa shape index (κ3) is 2.86. The van der Waals surface area contributed by atoms with Crippen LogP contribution in [0, 0.1) is 18.6 Å². The van der Waals surface area contributed by atoms with Crippen LogP contribution in [0.1, 0.15) is 29.7 Å². The summed E-state index contributed by atoms with van der Waals surface area (Å²) in [4.78, 5) is 6.38. The number of aryl methyl sites for hydroxylation is 1. The highest BCUT2D eigenvalue weighted by Gasteiger charge is 2.36. The van der Waals surface area contributed by atoms with Crippen LogP contribution in [0.15, 0.2) is 18.2 Å². The first-order chi connectivity index (χ1) is 10.6. The number of aromatic nitrogens is 3. The second kappa shape index (κ2) is 6.10. The molecule has 1 saturated heterocycles. The number of methoxy groups -OCH3 is 1. The minimum absolute atomic E-state index is 0.0282. The van der Waals surface area contributed by atoms with Gasteiger partial charge in [-0.25, -0.2) is 13.8 Å². The number of halogens is 2. The summed E-state index contributed by atoms with van der Waals surface area (Å²) in [6.07, 6.45) is 0.755. The quantitative estimate of drug-likeness (QED) is 0.942. The van der Waals surface area contributed by atoms with Crippen molar-refractivity contribution in [3.05, 3.63) is 47.0 Å². The molecule has 7 heteroatoms. The van der Waals surface area contributed by atoms with E-state index in [1.807, 2.05) is 11.8 Å². The maximum absolute atomic E-state index is 13.9. The van der Waals surface area contributed by atoms with E-state index in [1.54, 1.807) is 13.2 Å². The number of rotatable bonds is 4. The van der Waals surface area contributed by atoms with Crippen molar-refractivity contribution in [1.29, 1.82) is 0 Å². The molecule has 1 aromatic carbocycles. The molecule has 3 rings (SSSR count). The second-order valence-electron chi connectivity index (χ2n) is 5.53. The molecule has 0 unspecified atom stereocenters. The van der Waals surface area contributed by atoms with Gasteiger partial charge in [0.05, 0.1) is 12.1 Å². The van der Waals surface area contributed by atoms with Crippen LogP contribution in [0.5, 0.6) is 0 Å². The van der Waals surface area contributed by atoms with Gasteiger partial charge in [-0.2, -0.15) is 5.10 Å². The Morgan fingerprint density at radius 1 is 1.41 bits per heavy atom. The molecule has 2 atom stereocenters. The standard InChI is InChI=1S/C15H18F2N4O/c1-9-18-15(20-19-9)13-6-11(22-2)8-21(13)7-10-4-3-5-12(16)14(10)17/h3-5,11,13H,6-8H2,1-2H3,(H,18,19,20)/t11-,13+/m1/s1. The van der Waals surface area contributed by atoms with E-state index in [9.17, 15) is 8.78 Å². The van der Waals surface area contributed by atoms with Crippen molar-refractivity contribution in [2.24, 2.45) is 0 Å². The Morgan fingerprint density at radius 3 is 2.91 bits per heavy atom. The van der Waals surface area contributed by atoms with Gasteiger partial charge in [0.15, 0.2) is 17.5 Å². The van der Waals surface area contributed by atoms with E-state index in [-0.39, 0.29) is 12.1 Å². The Balaban J connectivity index is 1.84. The lowest BCUT2D eigenvalue weighted by atomic mass is 10.1. The van der Waals surface area contributed by atoms with E-state index in [4.69, 9.17) is 4.74 Å². The molecular weight excluding hydrogens is 290 g/mol. The zero-order valence-corrected chi connectivity index (χ0v) is 12.5. The lowest BCUT2D eigenvalue weighted by Crippen LogP contribution is -2.26. The molecule has 2 heterocycles. The number of aromatic amines is 1. The average molecular weight is 308 g/mol. The van der Waals surface area contributed by atoms with E-state index in [0.717, 1.165) is 18.3 Å². The summed E-state index contributed by atoms with van der Waals surface area (Å²) in [5.41, 5.74) is 0.328. The van der Waals surface area contributed by atoms with Crippen LogP contribution in [0.3, 0.4) is 0 Å². The number of likely N-dealkylation sites (tertiary alicyclic amines) is 1. The van der Waals surface area contributed by atoms with Gasteiger partial charge in [0.2, 0.25) is 0 Å². The fourth-order valence-corrected chi connectivity index (χ4v) is 2.87. The third-order valence-electron chi connectivity index (χ3n) is 4.02. The van der Waals surface area contributed by atoms with Crippen molar-refractivity contribution in [1.82, 2.24) is 20.1 Å². The molecule has 1 aliphatic rings. The minimum Gasteiger partial charge on any atom is -0.380 e. The summed E-state index contributed by atoms with van der Waals surface area (Å²) in [7, 11) is 1.65. The highest BCUT2D eigenvalue weighted by molar-refractivity contribution is 5.19. The topological polar surface area (TPSA) is 54.0 Å². The van der Waals surface area contributed by atoms with Crippen molar-refractivity contribution >= 4 is 0 Å². The van der Waals surface area contributed by atoms with Crippen LogP contribution in [0.25, 0.3) is 0 Å². The van der Waals surface area contributed by atoms with Crippen molar-refractivity contribution in [3.8, 4) is 0 Å². The summed E-state index contributed by atoms with van der Waals surface area (Å²) in [5, 5.41) is 7.02. The van der Waals surface area contributed by atoms with E-state index in [2.05, 4.69) is 15.2 Å². The van der Waals surface area contributed by atoms with Gasteiger partial charge in [-0.05, 0) is 19.4 Å². The molecule has 2 aromatic rings. The lowest BCUT2D eigenvalue weighted by molar-refractivity contribution is 0.107. The number of nitrogens with zero attached hydrogens (tertiary/aromatic N) is 3. The predicted octanol–water partition coefficient (Wildman–Crippen LogP) is 2.35. The Kier molecular flexibility index (Phi) is 4.17. The zero-order chi connectivity index (χ0) is 15.7. The third-order valence-corrected chi connectivity index (χ3v) is 4.02. The van der Waals surface area contributed by atoms with E-state index in [0.29, 0.717) is 24.5 Å². The van der Waals surface area contributed by atoms with Crippen LogP contribution in [0.4, 0.5) is 8.78 Å². The van der Waals surface area contributed by atoms with Crippen molar-refractivity contribution in [3.63, 3.8) is 0 Å². The Labute approximate surface area is 127 Å². The van der Waals surface area contributed by atoms with Crippen molar-refractivity contribution in [2.45, 2.75) is 32.0 Å². The normalized spacial score (nSPS) is 22.4. The molecule has 22 heavy (non-hydrogen) atoms. The van der Waals surface area contributed by atoms with Gasteiger partial charge in [0.25, 0.3) is 0 Å². The largest absolute Gasteiger partial charge is 0.380 e. The summed E-state index contributed by atoms with van der Waals surface area (Å²) in [5.74, 6) is -0.236. The van der Waals surface area contributed by atoms with Gasteiger partial charge in [0.1, 0.15) is 5.82 Å². The highest BCUT2D eigenvalue weighted by Crippen LogP contribution is 2.33. The van der Waals surface area contributed by atoms with E-state index < -0.39 is 11.6 Å². The molecule has 5 nitrogen and oxygen atoms in total. The monoisotopic (exact) mass is 308 g/mol. The van der Waals surface area contributed by atoms with Gasteiger partial charge < -0.3 is 4.74 Å². The predicted molar refractivity (Wildman–Crippen MR) is 76.0 cm³/mol. The molecule has 0 bridgehead atoms. The van der Waals surface area contributed by atoms with Crippen LogP contribution >= 0.6 is 0 Å². The van der Waals surface area contributed by atoms with Crippen molar-refractivity contribution in [2.75, 3.05) is 13.7 Å². The first-order valence-corrected chi connectivity index (χ1v) is 7.17. The van der Waals surface area contributed by atoms with Crippen LogP contribution in [-0.4, -0.2) is 39.8 Å². The van der Waals surface area contributed by atoms with E-state index in [1.165, 1.54) is 6.07 Å². The lowest BCUT2D eigenvalue weighted by Gasteiger charge is -2.22. The Bertz CT molecular complexity index is 661. The maximum Gasteiger partial charge on any atom is 0.167 e. The molecule has 0 spiro atoms. The Hall–Kier alpha value is -1.86. The molecule has 0 saturated carbocycles. The zero-order valence-electron chi connectivity index (χ0n) is 12.5. The average Bonchev–Trinajstić information content (AvgIpc) is 3.10. The van der Waals surface area contributed by atoms with Crippen LogP contribution in [0.2, 0.25) is 0 Å². The summed E-state index contributed by atoms with van der Waals surface area (Å²) >= 11 is 0. The first kappa shape index (κ1) is 15.1. The number of nitrogens with one attached hydrogen (secondary N) is 1. The maximum atomic E-state index is 13.9.